The summed E-state index contributed by atoms with van der Waals surface area (Å²) in [7, 11) is -1.35. The molecule has 4 unspecified atom stereocenters. The number of carbonyl (C=O) groups is 1. The maximum atomic E-state index is 12.6. The number of carboxylic acid groups (broad SMARTS) is 1. The van der Waals surface area contributed by atoms with Crippen LogP contribution in [0.4, 0.5) is 0 Å². The van der Waals surface area contributed by atoms with Crippen molar-refractivity contribution in [3.63, 3.8) is 0 Å². The lowest BCUT2D eigenvalue weighted by molar-refractivity contribution is -0.136. The Morgan fingerprint density at radius 1 is 1.32 bits per heavy atom. The van der Waals surface area contributed by atoms with Crippen LogP contribution in [-0.4, -0.2) is 20.5 Å². The van der Waals surface area contributed by atoms with Gasteiger partial charge in [-0.1, -0.05) is 50.1 Å². The first kappa shape index (κ1) is 14.3. The predicted molar refractivity (Wildman–Crippen MR) is 76.4 cm³/mol. The third-order valence-corrected chi connectivity index (χ3v) is 5.80. The molecule has 2 rings (SSSR count). The van der Waals surface area contributed by atoms with Crippen molar-refractivity contribution in [1.29, 1.82) is 0 Å². The summed E-state index contributed by atoms with van der Waals surface area (Å²) in [4.78, 5) is 11.5. The highest BCUT2D eigenvalue weighted by Crippen LogP contribution is 2.32. The molecule has 4 atom stereocenters. The quantitative estimate of drug-likeness (QED) is 0.921. The molecule has 1 aliphatic carbocycles. The molecule has 19 heavy (non-hydrogen) atoms. The van der Waals surface area contributed by atoms with Crippen molar-refractivity contribution in [2.24, 2.45) is 5.92 Å². The van der Waals surface area contributed by atoms with E-state index in [1.165, 1.54) is 0 Å². The first-order valence-electron chi connectivity index (χ1n) is 6.76. The number of hydrogen-bond acceptors (Lipinski definition) is 2. The highest BCUT2D eigenvalue weighted by Gasteiger charge is 2.34. The fraction of sp³-hybridized carbons (Fsp3) is 0.533. The first-order valence-corrected chi connectivity index (χ1v) is 8.04. The monoisotopic (exact) mass is 280 g/mol. The minimum atomic E-state index is -1.35. The zero-order valence-corrected chi connectivity index (χ0v) is 11.9. The van der Waals surface area contributed by atoms with Crippen molar-refractivity contribution in [2.45, 2.75) is 43.1 Å². The molecule has 0 bridgehead atoms. The fourth-order valence-corrected chi connectivity index (χ4v) is 4.71. The molecular formula is C15H20O3S. The molecular weight excluding hydrogens is 260 g/mol. The number of benzene rings is 1. The topological polar surface area (TPSA) is 54.4 Å². The van der Waals surface area contributed by atoms with Crippen LogP contribution in [0.3, 0.4) is 0 Å². The molecule has 0 saturated heterocycles. The SMILES string of the molecule is CC1CCCC(S(=O)C(C(=O)O)c2ccccc2)C1. The molecule has 104 valence electrons. The van der Waals surface area contributed by atoms with Crippen molar-refractivity contribution in [1.82, 2.24) is 0 Å². The van der Waals surface area contributed by atoms with Gasteiger partial charge in [0.05, 0.1) is 0 Å². The van der Waals surface area contributed by atoms with E-state index in [9.17, 15) is 14.1 Å². The Labute approximate surface area is 116 Å². The summed E-state index contributed by atoms with van der Waals surface area (Å²) in [5.41, 5.74) is 0.645. The zero-order chi connectivity index (χ0) is 13.8. The molecule has 0 aliphatic heterocycles. The number of hydrogen-bond donors (Lipinski definition) is 1. The van der Waals surface area contributed by atoms with Crippen molar-refractivity contribution in [3.8, 4) is 0 Å². The Morgan fingerprint density at radius 3 is 2.58 bits per heavy atom. The van der Waals surface area contributed by atoms with E-state index >= 15 is 0 Å². The Bertz CT molecular complexity index is 458. The molecule has 0 heterocycles. The molecule has 0 spiro atoms. The van der Waals surface area contributed by atoms with E-state index in [1.807, 2.05) is 6.07 Å². The number of carboxylic acids is 1. The lowest BCUT2D eigenvalue weighted by Crippen LogP contribution is -2.30. The van der Waals surface area contributed by atoms with Crippen LogP contribution < -0.4 is 0 Å². The fourth-order valence-electron chi connectivity index (χ4n) is 2.79. The molecule has 1 fully saturated rings. The van der Waals surface area contributed by atoms with Gasteiger partial charge in [-0.25, -0.2) is 0 Å². The molecule has 4 heteroatoms. The standard InChI is InChI=1S/C15H20O3S/c1-11-6-5-9-13(10-11)19(18)14(15(16)17)12-7-3-2-4-8-12/h2-4,7-8,11,13-14H,5-6,9-10H2,1H3,(H,16,17). The van der Waals surface area contributed by atoms with Crippen LogP contribution in [0.25, 0.3) is 0 Å². The predicted octanol–water partition coefficient (Wildman–Crippen LogP) is 3.14. The maximum absolute atomic E-state index is 12.6. The van der Waals surface area contributed by atoms with Crippen LogP contribution in [0, 0.1) is 5.92 Å². The molecule has 1 N–H and O–H groups in total. The van der Waals surface area contributed by atoms with Crippen LogP contribution in [0.1, 0.15) is 43.4 Å². The number of rotatable bonds is 4. The smallest absolute Gasteiger partial charge is 0.323 e. The van der Waals surface area contributed by atoms with Gasteiger partial charge >= 0.3 is 5.97 Å². The Morgan fingerprint density at radius 2 is 2.00 bits per heavy atom. The van der Waals surface area contributed by atoms with Crippen molar-refractivity contribution in [3.05, 3.63) is 35.9 Å². The van der Waals surface area contributed by atoms with Gasteiger partial charge in [0.15, 0.2) is 5.25 Å². The highest BCUT2D eigenvalue weighted by atomic mass is 32.2. The Kier molecular flexibility index (Phi) is 4.75. The van der Waals surface area contributed by atoms with E-state index in [4.69, 9.17) is 0 Å². The van der Waals surface area contributed by atoms with Crippen molar-refractivity contribution >= 4 is 16.8 Å². The molecule has 1 aromatic rings. The van der Waals surface area contributed by atoms with E-state index in [1.54, 1.807) is 24.3 Å². The third kappa shape index (κ3) is 3.44. The zero-order valence-electron chi connectivity index (χ0n) is 11.1. The van der Waals surface area contributed by atoms with Crippen LogP contribution >= 0.6 is 0 Å². The van der Waals surface area contributed by atoms with Crippen LogP contribution in [0.2, 0.25) is 0 Å². The van der Waals surface area contributed by atoms with Gasteiger partial charge in [0.2, 0.25) is 0 Å². The lowest BCUT2D eigenvalue weighted by Gasteiger charge is -2.28. The van der Waals surface area contributed by atoms with Crippen molar-refractivity contribution < 1.29 is 14.1 Å². The van der Waals surface area contributed by atoms with Gasteiger partial charge < -0.3 is 5.11 Å². The minimum absolute atomic E-state index is 0.0186. The first-order chi connectivity index (χ1) is 9.09. The Balaban J connectivity index is 2.20. The molecule has 1 aromatic carbocycles. The van der Waals surface area contributed by atoms with Gasteiger partial charge in [-0.3, -0.25) is 9.00 Å². The van der Waals surface area contributed by atoms with E-state index < -0.39 is 22.0 Å². The second kappa shape index (κ2) is 6.33. The second-order valence-electron chi connectivity index (χ2n) is 5.35. The van der Waals surface area contributed by atoms with Crippen LogP contribution in [0.15, 0.2) is 30.3 Å². The molecule has 0 amide bonds. The van der Waals surface area contributed by atoms with Gasteiger partial charge in [-0.2, -0.15) is 0 Å². The Hall–Kier alpha value is -1.16. The van der Waals surface area contributed by atoms with E-state index in [0.717, 1.165) is 25.7 Å². The van der Waals surface area contributed by atoms with Gasteiger partial charge in [0.1, 0.15) is 0 Å². The summed E-state index contributed by atoms with van der Waals surface area (Å²) in [6, 6.07) is 8.94. The molecule has 0 aromatic heterocycles. The molecule has 0 radical (unpaired) electrons. The minimum Gasteiger partial charge on any atom is -0.480 e. The van der Waals surface area contributed by atoms with Gasteiger partial charge in [0, 0.05) is 16.0 Å². The summed E-state index contributed by atoms with van der Waals surface area (Å²) in [5, 5.41) is 8.53. The molecule has 3 nitrogen and oxygen atoms in total. The highest BCUT2D eigenvalue weighted by molar-refractivity contribution is 7.86. The lowest BCUT2D eigenvalue weighted by atomic mass is 9.90. The molecule has 1 saturated carbocycles. The normalized spacial score (nSPS) is 26.6. The van der Waals surface area contributed by atoms with E-state index in [2.05, 4.69) is 6.92 Å². The van der Waals surface area contributed by atoms with Crippen LogP contribution in [-0.2, 0) is 15.6 Å². The van der Waals surface area contributed by atoms with Crippen molar-refractivity contribution in [2.75, 3.05) is 0 Å². The van der Waals surface area contributed by atoms with E-state index in [-0.39, 0.29) is 5.25 Å². The summed E-state index contributed by atoms with van der Waals surface area (Å²) in [6.45, 7) is 2.15. The summed E-state index contributed by atoms with van der Waals surface area (Å²) in [5.74, 6) is -0.435. The van der Waals surface area contributed by atoms with Gasteiger partial charge in [-0.15, -0.1) is 0 Å². The number of aliphatic carboxylic acids is 1. The second-order valence-corrected chi connectivity index (χ2v) is 7.15. The third-order valence-electron chi connectivity index (χ3n) is 3.78. The largest absolute Gasteiger partial charge is 0.480 e. The summed E-state index contributed by atoms with van der Waals surface area (Å²) >= 11 is 0. The average molecular weight is 280 g/mol. The van der Waals surface area contributed by atoms with Gasteiger partial charge in [-0.05, 0) is 24.3 Å². The summed E-state index contributed by atoms with van der Waals surface area (Å²) in [6.07, 6.45) is 3.98. The van der Waals surface area contributed by atoms with E-state index in [0.29, 0.717) is 11.5 Å². The maximum Gasteiger partial charge on any atom is 0.323 e. The summed E-state index contributed by atoms with van der Waals surface area (Å²) < 4.78 is 12.6. The van der Waals surface area contributed by atoms with Crippen LogP contribution in [0.5, 0.6) is 0 Å². The molecule has 1 aliphatic rings. The van der Waals surface area contributed by atoms with Gasteiger partial charge in [0.25, 0.3) is 0 Å². The average Bonchev–Trinajstić information content (AvgIpc) is 2.39.